The molecule has 0 spiro atoms. The number of benzene rings is 10. The van der Waals surface area contributed by atoms with Crippen LogP contribution in [-0.4, -0.2) is 0 Å². The van der Waals surface area contributed by atoms with E-state index < -0.39 is 7.92 Å². The van der Waals surface area contributed by atoms with Crippen molar-refractivity contribution >= 4 is 66.9 Å². The summed E-state index contributed by atoms with van der Waals surface area (Å²) in [5, 5.41) is 14.6. The van der Waals surface area contributed by atoms with Crippen LogP contribution in [0.3, 0.4) is 0 Å². The third-order valence-corrected chi connectivity index (χ3v) is 13.6. The lowest BCUT2D eigenvalue weighted by Crippen LogP contribution is -2.21. The number of hydrogen-bond acceptors (Lipinski definition) is 0. The first-order chi connectivity index (χ1) is 26.3. The van der Waals surface area contributed by atoms with Crippen molar-refractivity contribution in [2.24, 2.45) is 0 Å². The number of fused-ring (bicyclic) bond motifs is 7. The van der Waals surface area contributed by atoms with Crippen LogP contribution in [0.2, 0.25) is 0 Å². The average molecular weight is 689 g/mol. The predicted octanol–water partition coefficient (Wildman–Crippen LogP) is 13.0. The van der Waals surface area contributed by atoms with Crippen molar-refractivity contribution in [2.75, 3.05) is 0 Å². The summed E-state index contributed by atoms with van der Waals surface area (Å²) in [6.07, 6.45) is 0. The molecular weight excluding hydrogens is 656 g/mol. The van der Waals surface area contributed by atoms with Crippen molar-refractivity contribution in [3.8, 4) is 44.5 Å². The summed E-state index contributed by atoms with van der Waals surface area (Å²) in [4.78, 5) is 0. The SMILES string of the molecule is c1ccc(-c2c3c(c(-c4ccc(P(c5ccccc5)c5cc6ccccc6c6ccccc56)cc4)c4ccccc24)-c2cccc4cccc-3c24)cc1. The van der Waals surface area contributed by atoms with Crippen molar-refractivity contribution in [3.63, 3.8) is 0 Å². The van der Waals surface area contributed by atoms with Crippen LogP contribution in [0.5, 0.6) is 0 Å². The summed E-state index contributed by atoms with van der Waals surface area (Å²) in [5.41, 5.74) is 10.5. The van der Waals surface area contributed by atoms with Crippen molar-refractivity contribution in [1.82, 2.24) is 0 Å². The molecule has 0 radical (unpaired) electrons. The fourth-order valence-corrected chi connectivity index (χ4v) is 11.4. The smallest absolute Gasteiger partial charge is 0.000742 e. The second-order valence-corrected chi connectivity index (χ2v) is 16.2. The summed E-state index contributed by atoms with van der Waals surface area (Å²) in [7, 11) is -0.841. The van der Waals surface area contributed by atoms with Gasteiger partial charge in [0.15, 0.2) is 0 Å². The first kappa shape index (κ1) is 30.3. The molecular formula is C52H33P. The minimum absolute atomic E-state index is 0.841. The van der Waals surface area contributed by atoms with E-state index in [1.54, 1.807) is 0 Å². The largest absolute Gasteiger partial charge is 0.0622 e. The lowest BCUT2D eigenvalue weighted by molar-refractivity contribution is 1.63. The van der Waals surface area contributed by atoms with Gasteiger partial charge in [-0.15, -0.1) is 0 Å². The van der Waals surface area contributed by atoms with Crippen LogP contribution in [0.4, 0.5) is 0 Å². The Morgan fingerprint density at radius 1 is 0.283 bits per heavy atom. The molecule has 10 aromatic carbocycles. The summed E-state index contributed by atoms with van der Waals surface area (Å²) in [6, 6.07) is 74.6. The van der Waals surface area contributed by atoms with Crippen molar-refractivity contribution in [3.05, 3.63) is 200 Å². The summed E-state index contributed by atoms with van der Waals surface area (Å²) < 4.78 is 0. The Kier molecular flexibility index (Phi) is 6.94. The minimum atomic E-state index is -0.841. The molecule has 0 bridgehead atoms. The third-order valence-electron chi connectivity index (χ3n) is 11.1. The number of hydrogen-bond donors (Lipinski definition) is 0. The predicted molar refractivity (Wildman–Crippen MR) is 230 cm³/mol. The van der Waals surface area contributed by atoms with Crippen molar-refractivity contribution < 1.29 is 0 Å². The maximum atomic E-state index is 2.45. The van der Waals surface area contributed by atoms with Gasteiger partial charge < -0.3 is 0 Å². The Morgan fingerprint density at radius 3 is 1.40 bits per heavy atom. The van der Waals surface area contributed by atoms with Crippen LogP contribution in [0.15, 0.2) is 200 Å². The Morgan fingerprint density at radius 2 is 0.755 bits per heavy atom. The van der Waals surface area contributed by atoms with Gasteiger partial charge in [-0.25, -0.2) is 0 Å². The van der Waals surface area contributed by atoms with Gasteiger partial charge in [-0.2, -0.15) is 0 Å². The maximum absolute atomic E-state index is 2.45. The van der Waals surface area contributed by atoms with Crippen LogP contribution >= 0.6 is 7.92 Å². The Bertz CT molecular complexity index is 3030. The molecule has 0 amide bonds. The van der Waals surface area contributed by atoms with E-state index >= 15 is 0 Å². The molecule has 1 atom stereocenters. The molecule has 53 heavy (non-hydrogen) atoms. The zero-order chi connectivity index (χ0) is 34.9. The first-order valence-electron chi connectivity index (χ1n) is 18.4. The zero-order valence-corrected chi connectivity index (χ0v) is 29.9. The Labute approximate surface area is 310 Å². The van der Waals surface area contributed by atoms with Crippen LogP contribution in [0.25, 0.3) is 87.6 Å². The van der Waals surface area contributed by atoms with Gasteiger partial charge in [-0.1, -0.05) is 194 Å². The molecule has 11 rings (SSSR count). The highest BCUT2D eigenvalue weighted by atomic mass is 31.1. The van der Waals surface area contributed by atoms with Crippen LogP contribution in [0, 0.1) is 0 Å². The van der Waals surface area contributed by atoms with Crippen LogP contribution < -0.4 is 15.9 Å². The van der Waals surface area contributed by atoms with Gasteiger partial charge in [0.25, 0.3) is 0 Å². The molecule has 1 aliphatic rings. The average Bonchev–Trinajstić information content (AvgIpc) is 3.56. The lowest BCUT2D eigenvalue weighted by Gasteiger charge is -2.23. The molecule has 10 aromatic rings. The second-order valence-electron chi connectivity index (χ2n) is 14.0. The number of rotatable bonds is 5. The van der Waals surface area contributed by atoms with Gasteiger partial charge in [0.2, 0.25) is 0 Å². The van der Waals surface area contributed by atoms with E-state index in [4.69, 9.17) is 0 Å². The Balaban J connectivity index is 1.17. The topological polar surface area (TPSA) is 0 Å². The van der Waals surface area contributed by atoms with E-state index in [0.29, 0.717) is 0 Å². The minimum Gasteiger partial charge on any atom is -0.0622 e. The molecule has 0 saturated carbocycles. The summed E-state index contributed by atoms with van der Waals surface area (Å²) >= 11 is 0. The van der Waals surface area contributed by atoms with Gasteiger partial charge in [-0.3, -0.25) is 0 Å². The monoisotopic (exact) mass is 688 g/mol. The van der Waals surface area contributed by atoms with E-state index in [0.717, 1.165) is 0 Å². The molecule has 0 N–H and O–H groups in total. The highest BCUT2D eigenvalue weighted by molar-refractivity contribution is 7.80. The molecule has 0 aromatic heterocycles. The standard InChI is InChI=1S/C52H33P/c1-3-15-35(16-4-1)49-43-25-11-12-26-44(43)50(52-46-28-14-19-34-18-13-27-45(48(34)46)51(49)52)36-29-31-39(32-30-36)53(38-20-5-2-6-21-38)47-33-37-17-7-8-22-40(37)41-23-9-10-24-42(41)47/h1-33H. The van der Waals surface area contributed by atoms with Crippen LogP contribution in [0.1, 0.15) is 0 Å². The van der Waals surface area contributed by atoms with Gasteiger partial charge in [-0.05, 0) is 117 Å². The van der Waals surface area contributed by atoms with Gasteiger partial charge in [0.05, 0.1) is 0 Å². The Hall–Kier alpha value is -6.33. The van der Waals surface area contributed by atoms with Crippen molar-refractivity contribution in [2.45, 2.75) is 0 Å². The summed E-state index contributed by atoms with van der Waals surface area (Å²) in [5.74, 6) is 0. The quantitative estimate of drug-likeness (QED) is 0.125. The normalized spacial score (nSPS) is 12.5. The lowest BCUT2D eigenvalue weighted by atomic mass is 9.82. The summed E-state index contributed by atoms with van der Waals surface area (Å²) in [6.45, 7) is 0. The van der Waals surface area contributed by atoms with Crippen LogP contribution in [-0.2, 0) is 0 Å². The fraction of sp³-hybridized carbons (Fsp3) is 0. The van der Waals surface area contributed by atoms with E-state index in [-0.39, 0.29) is 0 Å². The second kappa shape index (κ2) is 12.1. The highest BCUT2D eigenvalue weighted by Gasteiger charge is 2.30. The molecule has 1 heteroatoms. The molecule has 0 nitrogen and oxygen atoms in total. The van der Waals surface area contributed by atoms with Gasteiger partial charge in [0, 0.05) is 0 Å². The molecule has 0 fully saturated rings. The first-order valence-corrected chi connectivity index (χ1v) is 19.7. The fourth-order valence-electron chi connectivity index (χ4n) is 8.94. The molecule has 1 aliphatic carbocycles. The van der Waals surface area contributed by atoms with E-state index in [1.807, 2.05) is 0 Å². The van der Waals surface area contributed by atoms with Gasteiger partial charge in [0.1, 0.15) is 0 Å². The molecule has 1 unspecified atom stereocenters. The third kappa shape index (κ3) is 4.66. The maximum Gasteiger partial charge on any atom is -0.000742 e. The van der Waals surface area contributed by atoms with E-state index in [1.165, 1.54) is 104 Å². The molecule has 0 aliphatic heterocycles. The van der Waals surface area contributed by atoms with E-state index in [9.17, 15) is 0 Å². The van der Waals surface area contributed by atoms with Crippen molar-refractivity contribution in [1.29, 1.82) is 0 Å². The highest BCUT2D eigenvalue weighted by Crippen LogP contribution is 2.57. The van der Waals surface area contributed by atoms with E-state index in [2.05, 4.69) is 200 Å². The zero-order valence-electron chi connectivity index (χ0n) is 29.0. The molecule has 0 heterocycles. The molecule has 0 saturated heterocycles. The molecule has 246 valence electrons. The van der Waals surface area contributed by atoms with Gasteiger partial charge >= 0.3 is 0 Å².